The number of anilines is 1. The van der Waals surface area contributed by atoms with Crippen LogP contribution in [0.5, 0.6) is 0 Å². The molecule has 126 valence electrons. The number of barbiturate groups is 1. The zero-order chi connectivity index (χ0) is 18.0. The molecule has 0 unspecified atom stereocenters. The van der Waals surface area contributed by atoms with Crippen molar-refractivity contribution >= 4 is 51.4 Å². The van der Waals surface area contributed by atoms with Crippen molar-refractivity contribution in [1.29, 1.82) is 0 Å². The van der Waals surface area contributed by atoms with Crippen molar-refractivity contribution in [2.75, 3.05) is 4.90 Å². The van der Waals surface area contributed by atoms with Gasteiger partial charge in [-0.2, -0.15) is 0 Å². The van der Waals surface area contributed by atoms with Crippen LogP contribution >= 0.6 is 15.9 Å². The number of nitrogens with one attached hydrogen (secondary N) is 1. The van der Waals surface area contributed by atoms with Crippen LogP contribution in [0.1, 0.15) is 5.56 Å². The summed E-state index contributed by atoms with van der Waals surface area (Å²) in [5.74, 6) is -2.48. The largest absolute Gasteiger partial charge is 0.335 e. The van der Waals surface area contributed by atoms with E-state index in [0.29, 0.717) is 11.4 Å². The van der Waals surface area contributed by atoms with Crippen molar-refractivity contribution in [3.8, 4) is 0 Å². The number of nitrogens with zero attached hydrogens (tertiary/aromatic N) is 2. The maximum atomic E-state index is 12.7. The zero-order valence-electron chi connectivity index (χ0n) is 13.3. The Kier molecular flexibility index (Phi) is 4.76. The quantitative estimate of drug-likeness (QED) is 0.634. The van der Waals surface area contributed by atoms with E-state index in [1.807, 2.05) is 12.1 Å². The summed E-state index contributed by atoms with van der Waals surface area (Å²) in [6.45, 7) is 1.79. The highest BCUT2D eigenvalue weighted by atomic mass is 79.9. The second kappa shape index (κ2) is 6.98. The summed E-state index contributed by atoms with van der Waals surface area (Å²) in [6.07, 6.45) is 1.26. The first-order valence-corrected chi connectivity index (χ1v) is 8.31. The lowest BCUT2D eigenvalue weighted by atomic mass is 10.0. The Balaban J connectivity index is 1.92. The van der Waals surface area contributed by atoms with Crippen LogP contribution in [0.4, 0.5) is 16.2 Å². The summed E-state index contributed by atoms with van der Waals surface area (Å²) < 4.78 is 0.832. The molecule has 2 aromatic carbocycles. The van der Waals surface area contributed by atoms with E-state index in [0.717, 1.165) is 14.9 Å². The number of para-hydroxylation sites is 1. The summed E-state index contributed by atoms with van der Waals surface area (Å²) in [5, 5.41) is 2.21. The second-order valence-electron chi connectivity index (χ2n) is 5.49. The fourth-order valence-electron chi connectivity index (χ4n) is 2.48. The van der Waals surface area contributed by atoms with E-state index in [-0.39, 0.29) is 0 Å². The van der Waals surface area contributed by atoms with Crippen LogP contribution in [0.3, 0.4) is 0 Å². The lowest BCUT2D eigenvalue weighted by molar-refractivity contribution is -0.131. The van der Waals surface area contributed by atoms with Crippen LogP contribution in [-0.2, 0) is 9.59 Å². The molecule has 25 heavy (non-hydrogen) atoms. The molecule has 1 fully saturated rings. The van der Waals surface area contributed by atoms with Gasteiger partial charge < -0.3 is 0 Å². The normalized spacial score (nSPS) is 17.9. The Hall–Kier alpha value is -2.80. The number of benzene rings is 2. The van der Waals surface area contributed by atoms with Crippen LogP contribution in [0, 0.1) is 12.8 Å². The minimum absolute atomic E-state index is 0.443. The third-order valence-electron chi connectivity index (χ3n) is 3.74. The number of aliphatic imine (C=N–C) groups is 1. The highest BCUT2D eigenvalue weighted by molar-refractivity contribution is 9.10. The number of urea groups is 1. The fourth-order valence-corrected chi connectivity index (χ4v) is 2.87. The third kappa shape index (κ3) is 3.51. The lowest BCUT2D eigenvalue weighted by Gasteiger charge is -2.29. The van der Waals surface area contributed by atoms with E-state index < -0.39 is 23.8 Å². The predicted molar refractivity (Wildman–Crippen MR) is 98.0 cm³/mol. The maximum Gasteiger partial charge on any atom is 0.335 e. The molecule has 1 saturated heterocycles. The molecule has 3 rings (SSSR count). The standard InChI is InChI=1S/C18H14BrN3O3/c1-11-5-2-3-8-15(11)22-17(24)14(16(23)21-18(22)25)10-20-13-7-4-6-12(19)9-13/h2-10,14H,1H3,(H,21,23,25)/t14-/m1/s1. The third-order valence-corrected chi connectivity index (χ3v) is 4.23. The summed E-state index contributed by atoms with van der Waals surface area (Å²) in [7, 11) is 0. The molecule has 0 saturated carbocycles. The Labute approximate surface area is 152 Å². The Morgan fingerprint density at radius 1 is 1.12 bits per heavy atom. The SMILES string of the molecule is Cc1ccccc1N1C(=O)NC(=O)[C@@H](C=Nc2cccc(Br)c2)C1=O. The van der Waals surface area contributed by atoms with E-state index in [1.165, 1.54) is 6.21 Å². The molecule has 0 radical (unpaired) electrons. The summed E-state index contributed by atoms with van der Waals surface area (Å²) in [6, 6.07) is 13.4. The summed E-state index contributed by atoms with van der Waals surface area (Å²) >= 11 is 3.33. The van der Waals surface area contributed by atoms with Gasteiger partial charge in [0.15, 0.2) is 5.92 Å². The smallest absolute Gasteiger partial charge is 0.276 e. The van der Waals surface area contributed by atoms with E-state index in [2.05, 4.69) is 26.2 Å². The highest BCUT2D eigenvalue weighted by Crippen LogP contribution is 2.24. The minimum Gasteiger partial charge on any atom is -0.276 e. The molecular formula is C18H14BrN3O3. The van der Waals surface area contributed by atoms with E-state index in [4.69, 9.17) is 0 Å². The maximum absolute atomic E-state index is 12.7. The van der Waals surface area contributed by atoms with Crippen molar-refractivity contribution in [1.82, 2.24) is 5.32 Å². The van der Waals surface area contributed by atoms with Crippen molar-refractivity contribution in [2.24, 2.45) is 10.9 Å². The van der Waals surface area contributed by atoms with Gasteiger partial charge in [-0.15, -0.1) is 0 Å². The molecule has 4 amide bonds. The molecule has 6 nitrogen and oxygen atoms in total. The van der Waals surface area contributed by atoms with Crippen molar-refractivity contribution < 1.29 is 14.4 Å². The minimum atomic E-state index is -1.17. The first-order valence-electron chi connectivity index (χ1n) is 7.51. The van der Waals surface area contributed by atoms with Crippen LogP contribution in [0.15, 0.2) is 58.0 Å². The summed E-state index contributed by atoms with van der Waals surface area (Å²) in [5.41, 5.74) is 1.79. The average molecular weight is 400 g/mol. The number of carbonyl (C=O) groups is 3. The lowest BCUT2D eigenvalue weighted by Crippen LogP contribution is -2.58. The molecule has 0 aliphatic carbocycles. The van der Waals surface area contributed by atoms with Gasteiger partial charge >= 0.3 is 6.03 Å². The molecule has 1 N–H and O–H groups in total. The van der Waals surface area contributed by atoms with Gasteiger partial charge in [0.2, 0.25) is 5.91 Å². The van der Waals surface area contributed by atoms with Crippen LogP contribution in [0.25, 0.3) is 0 Å². The molecule has 0 bridgehead atoms. The van der Waals surface area contributed by atoms with E-state index >= 15 is 0 Å². The first-order chi connectivity index (χ1) is 12.0. The van der Waals surface area contributed by atoms with Gasteiger partial charge in [0.1, 0.15) is 0 Å². The molecule has 1 aliphatic heterocycles. The molecule has 1 atom stereocenters. The van der Waals surface area contributed by atoms with Crippen molar-refractivity contribution in [3.05, 3.63) is 58.6 Å². The molecule has 0 aromatic heterocycles. The van der Waals surface area contributed by atoms with Crippen LogP contribution < -0.4 is 10.2 Å². The highest BCUT2D eigenvalue weighted by Gasteiger charge is 2.40. The van der Waals surface area contributed by atoms with Crippen molar-refractivity contribution in [2.45, 2.75) is 6.92 Å². The van der Waals surface area contributed by atoms with Gasteiger partial charge in [0, 0.05) is 10.7 Å². The molecular weight excluding hydrogens is 386 g/mol. The predicted octanol–water partition coefficient (Wildman–Crippen LogP) is 3.36. The van der Waals surface area contributed by atoms with Gasteiger partial charge in [-0.1, -0.05) is 40.2 Å². The first kappa shape index (κ1) is 17.0. The number of imide groups is 2. The van der Waals surface area contributed by atoms with Gasteiger partial charge in [-0.25, -0.2) is 9.69 Å². The topological polar surface area (TPSA) is 78.8 Å². The Morgan fingerprint density at radius 2 is 1.88 bits per heavy atom. The number of aryl methyl sites for hydroxylation is 1. The van der Waals surface area contributed by atoms with Gasteiger partial charge in [-0.3, -0.25) is 19.9 Å². The van der Waals surface area contributed by atoms with Crippen LogP contribution in [-0.4, -0.2) is 24.1 Å². The number of rotatable bonds is 3. The van der Waals surface area contributed by atoms with Gasteiger partial charge in [0.25, 0.3) is 5.91 Å². The number of hydrogen-bond acceptors (Lipinski definition) is 4. The van der Waals surface area contributed by atoms with Crippen LogP contribution in [0.2, 0.25) is 0 Å². The molecule has 7 heteroatoms. The average Bonchev–Trinajstić information content (AvgIpc) is 2.56. The van der Waals surface area contributed by atoms with Gasteiger partial charge in [0.05, 0.1) is 11.4 Å². The Morgan fingerprint density at radius 3 is 2.60 bits per heavy atom. The number of hydrogen-bond donors (Lipinski definition) is 1. The monoisotopic (exact) mass is 399 g/mol. The fraction of sp³-hybridized carbons (Fsp3) is 0.111. The summed E-state index contributed by atoms with van der Waals surface area (Å²) in [4.78, 5) is 42.1. The molecule has 0 spiro atoms. The molecule has 1 heterocycles. The van der Waals surface area contributed by atoms with E-state index in [9.17, 15) is 14.4 Å². The van der Waals surface area contributed by atoms with Gasteiger partial charge in [-0.05, 0) is 36.8 Å². The number of halogens is 1. The zero-order valence-corrected chi connectivity index (χ0v) is 14.9. The van der Waals surface area contributed by atoms with Crippen molar-refractivity contribution in [3.63, 3.8) is 0 Å². The number of amides is 4. The second-order valence-corrected chi connectivity index (χ2v) is 6.41. The number of carbonyl (C=O) groups excluding carboxylic acids is 3. The molecule has 1 aliphatic rings. The van der Waals surface area contributed by atoms with E-state index in [1.54, 1.807) is 43.3 Å². The Bertz CT molecular complexity index is 895. The molecule has 2 aromatic rings.